The van der Waals surface area contributed by atoms with Crippen LogP contribution in [0.4, 0.5) is 5.69 Å². The molecule has 154 valence electrons. The van der Waals surface area contributed by atoms with Gasteiger partial charge in [-0.25, -0.2) is 0 Å². The lowest BCUT2D eigenvalue weighted by molar-refractivity contribution is -0.152. The molecule has 0 fully saturated rings. The van der Waals surface area contributed by atoms with Crippen molar-refractivity contribution in [2.75, 3.05) is 11.9 Å². The van der Waals surface area contributed by atoms with Crippen molar-refractivity contribution < 1.29 is 19.1 Å². The second-order valence-electron chi connectivity index (χ2n) is 7.07. The van der Waals surface area contributed by atoms with Gasteiger partial charge in [0.05, 0.1) is 0 Å². The van der Waals surface area contributed by atoms with Gasteiger partial charge in [-0.1, -0.05) is 49.7 Å². The van der Waals surface area contributed by atoms with Gasteiger partial charge in [-0.15, -0.1) is 0 Å². The van der Waals surface area contributed by atoms with Crippen molar-refractivity contribution in [1.29, 1.82) is 0 Å². The molecule has 0 spiro atoms. The molecule has 0 heterocycles. The average molecular weight is 396 g/mol. The predicted molar refractivity (Wildman–Crippen MR) is 113 cm³/mol. The van der Waals surface area contributed by atoms with Crippen LogP contribution in [0, 0.1) is 6.92 Å². The lowest BCUT2D eigenvalue weighted by Crippen LogP contribution is -2.36. The van der Waals surface area contributed by atoms with E-state index in [1.54, 1.807) is 18.2 Å². The molecule has 2 aromatic carbocycles. The maximum atomic E-state index is 12.4. The van der Waals surface area contributed by atoms with E-state index in [1.165, 1.54) is 6.92 Å². The molecule has 0 saturated heterocycles. The van der Waals surface area contributed by atoms with Crippen LogP contribution in [0.2, 0.25) is 0 Å². The SMILES string of the molecule is CC[C@H](C)c1ccccc1NC(=O)[C@H](C)OC(=O)CNC(=O)c1cccc(C)c1. The van der Waals surface area contributed by atoms with E-state index in [2.05, 4.69) is 24.5 Å². The van der Waals surface area contributed by atoms with E-state index in [9.17, 15) is 14.4 Å². The van der Waals surface area contributed by atoms with Gasteiger partial charge in [0.1, 0.15) is 6.54 Å². The number of esters is 1. The molecule has 2 amide bonds. The Morgan fingerprint density at radius 3 is 2.45 bits per heavy atom. The highest BCUT2D eigenvalue weighted by Crippen LogP contribution is 2.26. The highest BCUT2D eigenvalue weighted by molar-refractivity contribution is 5.97. The number of carbonyl (C=O) groups is 3. The maximum absolute atomic E-state index is 12.4. The van der Waals surface area contributed by atoms with Crippen LogP contribution in [0.3, 0.4) is 0 Å². The number of amides is 2. The normalized spacial score (nSPS) is 12.6. The average Bonchev–Trinajstić information content (AvgIpc) is 2.71. The Balaban J connectivity index is 1.88. The lowest BCUT2D eigenvalue weighted by Gasteiger charge is -2.18. The van der Waals surface area contributed by atoms with E-state index >= 15 is 0 Å². The summed E-state index contributed by atoms with van der Waals surface area (Å²) >= 11 is 0. The molecule has 2 atom stereocenters. The van der Waals surface area contributed by atoms with E-state index in [4.69, 9.17) is 4.74 Å². The summed E-state index contributed by atoms with van der Waals surface area (Å²) in [6, 6.07) is 14.6. The van der Waals surface area contributed by atoms with E-state index in [0.717, 1.165) is 17.5 Å². The van der Waals surface area contributed by atoms with Crippen LogP contribution in [0.25, 0.3) is 0 Å². The van der Waals surface area contributed by atoms with Crippen molar-refractivity contribution in [2.24, 2.45) is 0 Å². The zero-order valence-electron chi connectivity index (χ0n) is 17.3. The quantitative estimate of drug-likeness (QED) is 0.665. The van der Waals surface area contributed by atoms with Crippen LogP contribution in [0.5, 0.6) is 0 Å². The first-order chi connectivity index (χ1) is 13.8. The zero-order valence-corrected chi connectivity index (χ0v) is 17.3. The molecule has 2 N–H and O–H groups in total. The number of benzene rings is 2. The summed E-state index contributed by atoms with van der Waals surface area (Å²) in [7, 11) is 0. The van der Waals surface area contributed by atoms with Crippen molar-refractivity contribution in [2.45, 2.75) is 46.1 Å². The van der Waals surface area contributed by atoms with Crippen LogP contribution in [-0.4, -0.2) is 30.4 Å². The fourth-order valence-corrected chi connectivity index (χ4v) is 2.83. The molecule has 0 radical (unpaired) electrons. The van der Waals surface area contributed by atoms with E-state index < -0.39 is 18.0 Å². The molecular formula is C23H28N2O4. The second-order valence-corrected chi connectivity index (χ2v) is 7.07. The largest absolute Gasteiger partial charge is 0.451 e. The lowest BCUT2D eigenvalue weighted by atomic mass is 9.97. The first kappa shape index (κ1) is 22.1. The Morgan fingerprint density at radius 2 is 1.76 bits per heavy atom. The summed E-state index contributed by atoms with van der Waals surface area (Å²) in [6.45, 7) is 7.24. The molecule has 0 unspecified atom stereocenters. The maximum Gasteiger partial charge on any atom is 0.326 e. The molecule has 0 saturated carbocycles. The topological polar surface area (TPSA) is 84.5 Å². The molecule has 0 aromatic heterocycles. The Hall–Kier alpha value is -3.15. The third kappa shape index (κ3) is 6.45. The molecule has 6 nitrogen and oxygen atoms in total. The van der Waals surface area contributed by atoms with Crippen LogP contribution >= 0.6 is 0 Å². The van der Waals surface area contributed by atoms with E-state index in [1.807, 2.05) is 37.3 Å². The third-order valence-electron chi connectivity index (χ3n) is 4.71. The number of nitrogens with one attached hydrogen (secondary N) is 2. The molecule has 2 aromatic rings. The summed E-state index contributed by atoms with van der Waals surface area (Å²) in [5.41, 5.74) is 3.16. The monoisotopic (exact) mass is 396 g/mol. The summed E-state index contributed by atoms with van der Waals surface area (Å²) in [6.07, 6.45) is -0.0405. The summed E-state index contributed by atoms with van der Waals surface area (Å²) < 4.78 is 5.16. The predicted octanol–water partition coefficient (Wildman–Crippen LogP) is 3.81. The minimum atomic E-state index is -0.983. The fourth-order valence-electron chi connectivity index (χ4n) is 2.83. The van der Waals surface area contributed by atoms with Gasteiger partial charge in [-0.3, -0.25) is 14.4 Å². The number of rotatable bonds is 8. The summed E-state index contributed by atoms with van der Waals surface area (Å²) in [5, 5.41) is 5.33. The number of hydrogen-bond acceptors (Lipinski definition) is 4. The van der Waals surface area contributed by atoms with Gasteiger partial charge in [0.25, 0.3) is 11.8 Å². The van der Waals surface area contributed by atoms with Crippen LogP contribution in [0.15, 0.2) is 48.5 Å². The fraction of sp³-hybridized carbons (Fsp3) is 0.348. The number of carbonyl (C=O) groups excluding carboxylic acids is 3. The van der Waals surface area contributed by atoms with Crippen LogP contribution in [0.1, 0.15) is 54.6 Å². The number of ether oxygens (including phenoxy) is 1. The van der Waals surface area contributed by atoms with Crippen molar-refractivity contribution in [1.82, 2.24) is 5.32 Å². The Morgan fingerprint density at radius 1 is 1.03 bits per heavy atom. The Bertz CT molecular complexity index is 879. The third-order valence-corrected chi connectivity index (χ3v) is 4.71. The van der Waals surface area contributed by atoms with Crippen LogP contribution < -0.4 is 10.6 Å². The zero-order chi connectivity index (χ0) is 21.4. The van der Waals surface area contributed by atoms with E-state index in [0.29, 0.717) is 17.2 Å². The smallest absolute Gasteiger partial charge is 0.326 e. The highest BCUT2D eigenvalue weighted by atomic mass is 16.5. The van der Waals surface area contributed by atoms with Gasteiger partial charge in [0.2, 0.25) is 0 Å². The van der Waals surface area contributed by atoms with Crippen molar-refractivity contribution in [3.05, 3.63) is 65.2 Å². The molecular weight excluding hydrogens is 368 g/mol. The molecule has 29 heavy (non-hydrogen) atoms. The molecule has 2 rings (SSSR count). The van der Waals surface area contributed by atoms with Crippen molar-refractivity contribution in [3.63, 3.8) is 0 Å². The number of para-hydroxylation sites is 1. The van der Waals surface area contributed by atoms with Gasteiger partial charge in [-0.2, -0.15) is 0 Å². The highest BCUT2D eigenvalue weighted by Gasteiger charge is 2.20. The summed E-state index contributed by atoms with van der Waals surface area (Å²) in [4.78, 5) is 36.5. The first-order valence-electron chi connectivity index (χ1n) is 9.76. The molecule has 0 aliphatic carbocycles. The Labute approximate surface area is 171 Å². The van der Waals surface area contributed by atoms with Gasteiger partial charge in [-0.05, 0) is 49.9 Å². The second kappa shape index (κ2) is 10.4. The molecule has 0 aliphatic heterocycles. The summed E-state index contributed by atoms with van der Waals surface area (Å²) in [5.74, 6) is -1.17. The standard InChI is InChI=1S/C23H28N2O4/c1-5-16(3)19-11-6-7-12-20(19)25-22(27)17(4)29-21(26)14-24-23(28)18-10-8-9-15(2)13-18/h6-13,16-17H,5,14H2,1-4H3,(H,24,28)(H,25,27)/t16-,17-/m0/s1. The molecule has 0 bridgehead atoms. The number of anilines is 1. The van der Waals surface area contributed by atoms with Gasteiger partial charge in [0.15, 0.2) is 6.10 Å². The molecule has 0 aliphatic rings. The van der Waals surface area contributed by atoms with Gasteiger partial charge in [0, 0.05) is 11.3 Å². The van der Waals surface area contributed by atoms with Crippen molar-refractivity contribution >= 4 is 23.5 Å². The van der Waals surface area contributed by atoms with Gasteiger partial charge >= 0.3 is 5.97 Å². The molecule has 6 heteroatoms. The Kier molecular flexibility index (Phi) is 7.95. The minimum absolute atomic E-state index is 0.293. The number of hydrogen-bond donors (Lipinski definition) is 2. The van der Waals surface area contributed by atoms with Gasteiger partial charge < -0.3 is 15.4 Å². The van der Waals surface area contributed by atoms with Crippen LogP contribution in [-0.2, 0) is 14.3 Å². The van der Waals surface area contributed by atoms with Crippen molar-refractivity contribution in [3.8, 4) is 0 Å². The van der Waals surface area contributed by atoms with E-state index in [-0.39, 0.29) is 12.5 Å². The number of aryl methyl sites for hydroxylation is 1. The minimum Gasteiger partial charge on any atom is -0.451 e. The first-order valence-corrected chi connectivity index (χ1v) is 9.76.